The summed E-state index contributed by atoms with van der Waals surface area (Å²) in [7, 11) is 0. The zero-order chi connectivity index (χ0) is 15.0. The van der Waals surface area contributed by atoms with Crippen molar-refractivity contribution in [3.8, 4) is 6.07 Å². The fourth-order valence-electron chi connectivity index (χ4n) is 1.81. The third-order valence-electron chi connectivity index (χ3n) is 2.83. The second-order valence-electron chi connectivity index (χ2n) is 4.46. The van der Waals surface area contributed by atoms with E-state index < -0.39 is 11.0 Å². The van der Waals surface area contributed by atoms with Gasteiger partial charge in [-0.25, -0.2) is 0 Å². The fraction of sp³-hybridized carbons (Fsp3) is 0.429. The minimum absolute atomic E-state index is 0.0174. The van der Waals surface area contributed by atoms with Gasteiger partial charge in [0.15, 0.2) is 0 Å². The lowest BCUT2D eigenvalue weighted by atomic mass is 10.1. The van der Waals surface area contributed by atoms with Crippen LogP contribution < -0.4 is 5.32 Å². The van der Waals surface area contributed by atoms with Gasteiger partial charge in [-0.3, -0.25) is 14.9 Å². The molecule has 1 aromatic rings. The summed E-state index contributed by atoms with van der Waals surface area (Å²) in [5, 5.41) is 22.1. The molecule has 0 radical (unpaired) electrons. The largest absolute Gasteiger partial charge is 0.340 e. The minimum Gasteiger partial charge on any atom is -0.340 e. The van der Waals surface area contributed by atoms with Gasteiger partial charge in [-0.2, -0.15) is 5.26 Å². The fourth-order valence-corrected chi connectivity index (χ4v) is 1.81. The predicted octanol–water partition coefficient (Wildman–Crippen LogP) is 2.34. The number of nitrogens with one attached hydrogen (secondary N) is 1. The highest BCUT2D eigenvalue weighted by Gasteiger charge is 2.11. The average molecular weight is 275 g/mol. The molecular weight excluding hydrogens is 258 g/mol. The number of aryl methyl sites for hydroxylation is 1. The summed E-state index contributed by atoms with van der Waals surface area (Å²) in [5.74, 6) is -0.212. The van der Waals surface area contributed by atoms with Crippen molar-refractivity contribution in [1.82, 2.24) is 5.32 Å². The van der Waals surface area contributed by atoms with Crippen LogP contribution in [-0.4, -0.2) is 16.9 Å². The van der Waals surface area contributed by atoms with E-state index in [0.717, 1.165) is 12.0 Å². The number of amides is 1. The van der Waals surface area contributed by atoms with Gasteiger partial charge in [0.25, 0.3) is 5.69 Å². The minimum atomic E-state index is -0.462. The molecule has 1 rings (SSSR count). The lowest BCUT2D eigenvalue weighted by Gasteiger charge is -2.10. The summed E-state index contributed by atoms with van der Waals surface area (Å²) in [5.41, 5.74) is 0.752. The molecule has 0 aromatic heterocycles. The summed E-state index contributed by atoms with van der Waals surface area (Å²) in [6.07, 6.45) is 2.07. The van der Waals surface area contributed by atoms with Crippen molar-refractivity contribution in [2.24, 2.45) is 0 Å². The van der Waals surface area contributed by atoms with Gasteiger partial charge in [0.1, 0.15) is 6.04 Å². The van der Waals surface area contributed by atoms with E-state index in [4.69, 9.17) is 5.26 Å². The molecule has 0 bridgehead atoms. The molecule has 1 N–H and O–H groups in total. The molecule has 1 amide bonds. The van der Waals surface area contributed by atoms with Gasteiger partial charge in [0.2, 0.25) is 5.91 Å². The molecule has 0 saturated carbocycles. The topological polar surface area (TPSA) is 96.0 Å². The number of hydrogen-bond acceptors (Lipinski definition) is 4. The predicted molar refractivity (Wildman–Crippen MR) is 73.9 cm³/mol. The van der Waals surface area contributed by atoms with Crippen LogP contribution in [0.25, 0.3) is 0 Å². The Morgan fingerprint density at radius 1 is 1.55 bits per heavy atom. The van der Waals surface area contributed by atoms with Gasteiger partial charge in [0, 0.05) is 18.6 Å². The zero-order valence-electron chi connectivity index (χ0n) is 11.3. The molecule has 0 aliphatic heterocycles. The van der Waals surface area contributed by atoms with E-state index in [1.54, 1.807) is 12.1 Å². The highest BCUT2D eigenvalue weighted by molar-refractivity contribution is 5.76. The molecule has 0 saturated heterocycles. The first-order valence-electron chi connectivity index (χ1n) is 6.49. The van der Waals surface area contributed by atoms with Gasteiger partial charge in [-0.1, -0.05) is 25.5 Å². The number of rotatable bonds is 7. The second kappa shape index (κ2) is 7.89. The van der Waals surface area contributed by atoms with E-state index in [9.17, 15) is 14.9 Å². The van der Waals surface area contributed by atoms with Crippen molar-refractivity contribution in [1.29, 1.82) is 5.26 Å². The van der Waals surface area contributed by atoms with Crippen molar-refractivity contribution in [2.75, 3.05) is 0 Å². The Morgan fingerprint density at radius 3 is 2.90 bits per heavy atom. The van der Waals surface area contributed by atoms with Gasteiger partial charge < -0.3 is 5.32 Å². The third-order valence-corrected chi connectivity index (χ3v) is 2.83. The van der Waals surface area contributed by atoms with Crippen LogP contribution in [0.2, 0.25) is 0 Å². The molecule has 0 aliphatic carbocycles. The number of benzene rings is 1. The quantitative estimate of drug-likeness (QED) is 0.610. The Hall–Kier alpha value is -2.42. The number of carbonyl (C=O) groups excluding carboxylic acids is 1. The number of nitro benzene ring substituents is 1. The zero-order valence-corrected chi connectivity index (χ0v) is 11.3. The first-order chi connectivity index (χ1) is 9.56. The number of nitrogens with zero attached hydrogens (tertiary/aromatic N) is 2. The van der Waals surface area contributed by atoms with Crippen LogP contribution >= 0.6 is 0 Å². The van der Waals surface area contributed by atoms with E-state index in [1.165, 1.54) is 12.1 Å². The molecular formula is C14H17N3O3. The molecule has 20 heavy (non-hydrogen) atoms. The second-order valence-corrected chi connectivity index (χ2v) is 4.46. The van der Waals surface area contributed by atoms with Gasteiger partial charge in [-0.15, -0.1) is 0 Å². The third kappa shape index (κ3) is 5.06. The highest BCUT2D eigenvalue weighted by atomic mass is 16.6. The summed E-state index contributed by atoms with van der Waals surface area (Å²) in [4.78, 5) is 21.9. The van der Waals surface area contributed by atoms with Crippen LogP contribution in [0.4, 0.5) is 5.69 Å². The Labute approximate surface area is 117 Å². The number of nitro groups is 1. The Kier molecular flexibility index (Phi) is 6.17. The first-order valence-corrected chi connectivity index (χ1v) is 6.49. The van der Waals surface area contributed by atoms with Crippen LogP contribution in [0, 0.1) is 21.4 Å². The summed E-state index contributed by atoms with van der Waals surface area (Å²) >= 11 is 0. The van der Waals surface area contributed by atoms with Crippen LogP contribution in [0.3, 0.4) is 0 Å². The molecule has 6 heteroatoms. The van der Waals surface area contributed by atoms with Gasteiger partial charge >= 0.3 is 0 Å². The smallest absolute Gasteiger partial charge is 0.269 e. The maximum Gasteiger partial charge on any atom is 0.269 e. The monoisotopic (exact) mass is 275 g/mol. The van der Waals surface area contributed by atoms with Crippen molar-refractivity contribution in [2.45, 2.75) is 38.6 Å². The highest BCUT2D eigenvalue weighted by Crippen LogP contribution is 2.14. The molecule has 0 heterocycles. The summed E-state index contributed by atoms with van der Waals surface area (Å²) in [6, 6.07) is 7.79. The molecule has 6 nitrogen and oxygen atoms in total. The van der Waals surface area contributed by atoms with Gasteiger partial charge in [-0.05, 0) is 18.4 Å². The van der Waals surface area contributed by atoms with E-state index in [0.29, 0.717) is 12.8 Å². The lowest BCUT2D eigenvalue weighted by Crippen LogP contribution is -2.33. The van der Waals surface area contributed by atoms with E-state index in [-0.39, 0.29) is 18.0 Å². The summed E-state index contributed by atoms with van der Waals surface area (Å²) < 4.78 is 0. The van der Waals surface area contributed by atoms with Crippen molar-refractivity contribution in [3.63, 3.8) is 0 Å². The van der Waals surface area contributed by atoms with E-state index in [1.807, 2.05) is 13.0 Å². The molecule has 1 aromatic carbocycles. The molecule has 1 atom stereocenters. The maximum absolute atomic E-state index is 11.7. The average Bonchev–Trinajstić information content (AvgIpc) is 2.45. The molecule has 0 spiro atoms. The first kappa shape index (κ1) is 15.6. The Bertz CT molecular complexity index is 523. The maximum atomic E-state index is 11.7. The van der Waals surface area contributed by atoms with Crippen LogP contribution in [0.1, 0.15) is 31.7 Å². The molecule has 106 valence electrons. The van der Waals surface area contributed by atoms with Crippen molar-refractivity contribution < 1.29 is 9.72 Å². The number of nitriles is 1. The van der Waals surface area contributed by atoms with Crippen LogP contribution in [-0.2, 0) is 11.2 Å². The standard InChI is InChI=1S/C14H17N3O3/c1-2-4-12(10-15)16-14(18)8-7-11-5-3-6-13(9-11)17(19)20/h3,5-6,9,12H,2,4,7-8H2,1H3,(H,16,18). The number of hydrogen-bond donors (Lipinski definition) is 1. The molecule has 0 aliphatic rings. The normalized spacial score (nSPS) is 11.4. The lowest BCUT2D eigenvalue weighted by molar-refractivity contribution is -0.384. The Morgan fingerprint density at radius 2 is 2.30 bits per heavy atom. The van der Waals surface area contributed by atoms with Crippen molar-refractivity contribution in [3.05, 3.63) is 39.9 Å². The van der Waals surface area contributed by atoms with Gasteiger partial charge in [0.05, 0.1) is 11.0 Å². The number of non-ortho nitro benzene ring substituents is 1. The summed E-state index contributed by atoms with van der Waals surface area (Å²) in [6.45, 7) is 1.94. The SMILES string of the molecule is CCCC(C#N)NC(=O)CCc1cccc([N+](=O)[O-])c1. The van der Waals surface area contributed by atoms with Crippen LogP contribution in [0.5, 0.6) is 0 Å². The van der Waals surface area contributed by atoms with Crippen LogP contribution in [0.15, 0.2) is 24.3 Å². The van der Waals surface area contributed by atoms with E-state index in [2.05, 4.69) is 5.32 Å². The molecule has 1 unspecified atom stereocenters. The van der Waals surface area contributed by atoms with E-state index >= 15 is 0 Å². The molecule has 0 fully saturated rings. The van der Waals surface area contributed by atoms with Crippen molar-refractivity contribution >= 4 is 11.6 Å². The number of carbonyl (C=O) groups is 1. The Balaban J connectivity index is 2.51.